The number of hydrogen-bond acceptors (Lipinski definition) is 4. The standard InChI is InChI=1S/C10H10N2O2S/c11-4-7-6-3-5(10(13)14)1-2-8(6)15-9(7)12/h5H,1-3,12H2,(H,13,14). The fourth-order valence-corrected chi connectivity index (χ4v) is 3.00. The molecule has 0 fully saturated rings. The van der Waals surface area contributed by atoms with Gasteiger partial charge in [-0.3, -0.25) is 4.79 Å². The van der Waals surface area contributed by atoms with Crippen molar-refractivity contribution in [3.63, 3.8) is 0 Å². The minimum Gasteiger partial charge on any atom is -0.481 e. The van der Waals surface area contributed by atoms with Gasteiger partial charge in [-0.1, -0.05) is 0 Å². The van der Waals surface area contributed by atoms with Crippen molar-refractivity contribution in [2.45, 2.75) is 19.3 Å². The molecule has 0 bridgehead atoms. The zero-order valence-corrected chi connectivity index (χ0v) is 8.80. The third-order valence-corrected chi connectivity index (χ3v) is 3.87. The maximum atomic E-state index is 10.9. The van der Waals surface area contributed by atoms with E-state index in [0.717, 1.165) is 16.9 Å². The molecule has 1 heterocycles. The van der Waals surface area contributed by atoms with Crippen LogP contribution in [0.1, 0.15) is 22.4 Å². The van der Waals surface area contributed by atoms with E-state index in [1.807, 2.05) is 0 Å². The number of anilines is 1. The number of nitrogens with two attached hydrogens (primary N) is 1. The van der Waals surface area contributed by atoms with Crippen molar-refractivity contribution < 1.29 is 9.90 Å². The number of carboxylic acid groups (broad SMARTS) is 1. The Labute approximate surface area is 90.9 Å². The van der Waals surface area contributed by atoms with Crippen molar-refractivity contribution in [2.24, 2.45) is 5.92 Å². The van der Waals surface area contributed by atoms with E-state index in [1.54, 1.807) is 0 Å². The van der Waals surface area contributed by atoms with E-state index < -0.39 is 5.97 Å². The molecule has 0 aromatic carbocycles. The van der Waals surface area contributed by atoms with E-state index in [2.05, 4.69) is 6.07 Å². The van der Waals surface area contributed by atoms with Crippen molar-refractivity contribution in [2.75, 3.05) is 5.73 Å². The number of thiophene rings is 1. The molecule has 2 rings (SSSR count). The second kappa shape index (κ2) is 3.55. The number of carbonyl (C=O) groups is 1. The van der Waals surface area contributed by atoms with Crippen molar-refractivity contribution >= 4 is 22.3 Å². The molecule has 1 aromatic heterocycles. The third-order valence-electron chi connectivity index (χ3n) is 2.75. The minimum absolute atomic E-state index is 0.362. The summed E-state index contributed by atoms with van der Waals surface area (Å²) < 4.78 is 0. The summed E-state index contributed by atoms with van der Waals surface area (Å²) >= 11 is 1.42. The quantitative estimate of drug-likeness (QED) is 0.751. The van der Waals surface area contributed by atoms with Crippen LogP contribution in [0.2, 0.25) is 0 Å². The van der Waals surface area contributed by atoms with E-state index in [4.69, 9.17) is 16.1 Å². The van der Waals surface area contributed by atoms with Gasteiger partial charge in [-0.2, -0.15) is 5.26 Å². The lowest BCUT2D eigenvalue weighted by atomic mass is 9.87. The van der Waals surface area contributed by atoms with Crippen molar-refractivity contribution in [3.8, 4) is 6.07 Å². The second-order valence-corrected chi connectivity index (χ2v) is 4.77. The van der Waals surface area contributed by atoms with Crippen LogP contribution in [-0.4, -0.2) is 11.1 Å². The Kier molecular flexibility index (Phi) is 2.37. The van der Waals surface area contributed by atoms with Crippen LogP contribution in [0.5, 0.6) is 0 Å². The van der Waals surface area contributed by atoms with Gasteiger partial charge in [-0.15, -0.1) is 11.3 Å². The predicted molar refractivity (Wildman–Crippen MR) is 56.6 cm³/mol. The van der Waals surface area contributed by atoms with Crippen LogP contribution in [0, 0.1) is 17.2 Å². The Morgan fingerprint density at radius 3 is 3.00 bits per heavy atom. The molecular weight excluding hydrogens is 212 g/mol. The number of nitrogen functional groups attached to an aromatic ring is 1. The smallest absolute Gasteiger partial charge is 0.306 e. The van der Waals surface area contributed by atoms with E-state index in [-0.39, 0.29) is 5.92 Å². The van der Waals surface area contributed by atoms with Gasteiger partial charge in [0.1, 0.15) is 11.1 Å². The van der Waals surface area contributed by atoms with Crippen molar-refractivity contribution in [1.82, 2.24) is 0 Å². The molecule has 15 heavy (non-hydrogen) atoms. The van der Waals surface area contributed by atoms with E-state index >= 15 is 0 Å². The molecule has 1 aliphatic carbocycles. The summed E-state index contributed by atoms with van der Waals surface area (Å²) in [7, 11) is 0. The maximum absolute atomic E-state index is 10.9. The van der Waals surface area contributed by atoms with Gasteiger partial charge in [-0.25, -0.2) is 0 Å². The van der Waals surface area contributed by atoms with Crippen LogP contribution < -0.4 is 5.73 Å². The molecule has 0 radical (unpaired) electrons. The summed E-state index contributed by atoms with van der Waals surface area (Å²) in [5.74, 6) is -1.15. The van der Waals surface area contributed by atoms with Crippen LogP contribution in [0.3, 0.4) is 0 Å². The average molecular weight is 222 g/mol. The molecule has 1 atom stereocenters. The highest BCUT2D eigenvalue weighted by Gasteiger charge is 2.28. The molecule has 1 aromatic rings. The number of fused-ring (bicyclic) bond motifs is 1. The number of aryl methyl sites for hydroxylation is 1. The molecule has 0 saturated heterocycles. The number of rotatable bonds is 1. The topological polar surface area (TPSA) is 87.1 Å². The lowest BCUT2D eigenvalue weighted by Crippen LogP contribution is -2.21. The van der Waals surface area contributed by atoms with E-state index in [1.165, 1.54) is 11.3 Å². The first-order chi connectivity index (χ1) is 7.13. The first-order valence-corrected chi connectivity index (χ1v) is 5.48. The average Bonchev–Trinajstić information content (AvgIpc) is 2.51. The monoisotopic (exact) mass is 222 g/mol. The molecule has 1 unspecified atom stereocenters. The molecule has 5 heteroatoms. The number of hydrogen-bond donors (Lipinski definition) is 2. The molecule has 4 nitrogen and oxygen atoms in total. The molecule has 1 aliphatic rings. The Bertz CT molecular complexity index is 459. The van der Waals surface area contributed by atoms with Crippen LogP contribution in [0.15, 0.2) is 0 Å². The molecule has 0 amide bonds. The first kappa shape index (κ1) is 9.99. The zero-order valence-electron chi connectivity index (χ0n) is 7.99. The summed E-state index contributed by atoms with van der Waals surface area (Å²) in [5.41, 5.74) is 7.05. The van der Waals surface area contributed by atoms with Gasteiger partial charge in [0.05, 0.1) is 11.5 Å². The molecule has 0 spiro atoms. The zero-order chi connectivity index (χ0) is 11.0. The highest BCUT2D eigenvalue weighted by Crippen LogP contribution is 2.37. The minimum atomic E-state index is -0.783. The van der Waals surface area contributed by atoms with Crippen molar-refractivity contribution in [3.05, 3.63) is 16.0 Å². The summed E-state index contributed by atoms with van der Waals surface area (Å²) in [5, 5.41) is 18.4. The summed E-state index contributed by atoms with van der Waals surface area (Å²) in [4.78, 5) is 11.9. The second-order valence-electron chi connectivity index (χ2n) is 3.63. The lowest BCUT2D eigenvalue weighted by molar-refractivity contribution is -0.142. The summed E-state index contributed by atoms with van der Waals surface area (Å²) in [6.07, 6.45) is 1.82. The Morgan fingerprint density at radius 1 is 1.67 bits per heavy atom. The molecule has 0 saturated carbocycles. The lowest BCUT2D eigenvalue weighted by Gasteiger charge is -2.18. The van der Waals surface area contributed by atoms with Gasteiger partial charge in [0.2, 0.25) is 0 Å². The largest absolute Gasteiger partial charge is 0.481 e. The van der Waals surface area contributed by atoms with E-state index in [0.29, 0.717) is 23.4 Å². The number of aliphatic carboxylic acids is 1. The Morgan fingerprint density at radius 2 is 2.40 bits per heavy atom. The van der Waals surface area contributed by atoms with E-state index in [9.17, 15) is 4.79 Å². The van der Waals surface area contributed by atoms with Crippen LogP contribution in [0.4, 0.5) is 5.00 Å². The van der Waals surface area contributed by atoms with Gasteiger partial charge in [-0.05, 0) is 24.8 Å². The Balaban J connectivity index is 2.40. The first-order valence-electron chi connectivity index (χ1n) is 4.66. The van der Waals surface area contributed by atoms with Gasteiger partial charge >= 0.3 is 5.97 Å². The number of carboxylic acids is 1. The molecular formula is C10H10N2O2S. The van der Waals surface area contributed by atoms with Gasteiger partial charge in [0.15, 0.2) is 0 Å². The maximum Gasteiger partial charge on any atom is 0.306 e. The van der Waals surface area contributed by atoms with Crippen LogP contribution >= 0.6 is 11.3 Å². The highest BCUT2D eigenvalue weighted by atomic mass is 32.1. The van der Waals surface area contributed by atoms with Gasteiger partial charge in [0, 0.05) is 4.88 Å². The normalized spacial score (nSPS) is 19.3. The fraction of sp³-hybridized carbons (Fsp3) is 0.400. The summed E-state index contributed by atoms with van der Waals surface area (Å²) in [6.45, 7) is 0. The molecule has 0 aliphatic heterocycles. The summed E-state index contributed by atoms with van der Waals surface area (Å²) in [6, 6.07) is 2.06. The van der Waals surface area contributed by atoms with Crippen LogP contribution in [-0.2, 0) is 17.6 Å². The highest BCUT2D eigenvalue weighted by molar-refractivity contribution is 7.16. The van der Waals surface area contributed by atoms with Gasteiger partial charge < -0.3 is 10.8 Å². The Hall–Kier alpha value is -1.54. The SMILES string of the molecule is N#Cc1c(N)sc2c1CC(C(=O)O)CC2. The number of nitriles is 1. The number of nitrogens with zero attached hydrogens (tertiary/aromatic N) is 1. The van der Waals surface area contributed by atoms with Crippen LogP contribution in [0.25, 0.3) is 0 Å². The predicted octanol–water partition coefficient (Wildman–Crippen LogP) is 1.39. The third kappa shape index (κ3) is 1.57. The van der Waals surface area contributed by atoms with Gasteiger partial charge in [0.25, 0.3) is 0 Å². The fourth-order valence-electron chi connectivity index (χ4n) is 1.94. The molecule has 3 N–H and O–H groups in total. The van der Waals surface area contributed by atoms with Crippen molar-refractivity contribution in [1.29, 1.82) is 5.26 Å². The molecule has 78 valence electrons.